The van der Waals surface area contributed by atoms with E-state index in [2.05, 4.69) is 19.9 Å². The van der Waals surface area contributed by atoms with E-state index in [4.69, 9.17) is 23.9 Å². The van der Waals surface area contributed by atoms with Gasteiger partial charge in [-0.25, -0.2) is 4.98 Å². The molecule has 0 N–H and O–H groups in total. The number of hydrogen-bond acceptors (Lipinski definition) is 5. The highest BCUT2D eigenvalue weighted by Gasteiger charge is 2.21. The molecule has 0 saturated carbocycles. The summed E-state index contributed by atoms with van der Waals surface area (Å²) in [6.07, 6.45) is 0. The second-order valence-electron chi connectivity index (χ2n) is 6.05. The van der Waals surface area contributed by atoms with E-state index in [9.17, 15) is 0 Å². The Bertz CT molecular complexity index is 981. The lowest BCUT2D eigenvalue weighted by Gasteiger charge is -2.13. The van der Waals surface area contributed by atoms with Gasteiger partial charge in [-0.3, -0.25) is 0 Å². The molecule has 1 aromatic heterocycles. The lowest BCUT2D eigenvalue weighted by atomic mass is 10.0. The summed E-state index contributed by atoms with van der Waals surface area (Å²) in [6.45, 7) is 4.33. The number of aromatic nitrogens is 1. The van der Waals surface area contributed by atoms with Crippen LogP contribution in [-0.2, 0) is 0 Å². The molecular formula is C20H19NO4. The highest BCUT2D eigenvalue weighted by atomic mass is 16.7. The summed E-state index contributed by atoms with van der Waals surface area (Å²) >= 11 is 0. The Morgan fingerprint density at radius 1 is 0.920 bits per heavy atom. The summed E-state index contributed by atoms with van der Waals surface area (Å²) in [4.78, 5) is 4.88. The molecule has 0 atom stereocenters. The van der Waals surface area contributed by atoms with Crippen LogP contribution in [0.25, 0.3) is 22.2 Å². The summed E-state index contributed by atoms with van der Waals surface area (Å²) in [6, 6.07) is 9.93. The predicted molar refractivity (Wildman–Crippen MR) is 95.9 cm³/mol. The largest absolute Gasteiger partial charge is 0.496 e. The van der Waals surface area contributed by atoms with Crippen molar-refractivity contribution in [3.63, 3.8) is 0 Å². The Kier molecular flexibility index (Phi) is 3.64. The second kappa shape index (κ2) is 5.84. The molecule has 4 rings (SSSR count). The van der Waals surface area contributed by atoms with Crippen molar-refractivity contribution in [3.05, 3.63) is 41.5 Å². The minimum Gasteiger partial charge on any atom is -0.496 e. The maximum atomic E-state index is 5.53. The Balaban J connectivity index is 1.95. The number of rotatable bonds is 3. The molecule has 2 heterocycles. The number of fused-ring (bicyclic) bond motifs is 2. The number of aryl methyl sites for hydroxylation is 2. The summed E-state index contributed by atoms with van der Waals surface area (Å²) in [5.74, 6) is 2.80. The number of ether oxygens (including phenoxy) is 4. The van der Waals surface area contributed by atoms with Crippen molar-refractivity contribution in [2.45, 2.75) is 13.8 Å². The van der Waals surface area contributed by atoms with Gasteiger partial charge in [-0.05, 0) is 49.2 Å². The van der Waals surface area contributed by atoms with Crippen molar-refractivity contribution in [1.82, 2.24) is 4.98 Å². The smallest absolute Gasteiger partial charge is 0.231 e. The lowest BCUT2D eigenvalue weighted by molar-refractivity contribution is 0.171. The van der Waals surface area contributed by atoms with Gasteiger partial charge < -0.3 is 18.9 Å². The first-order chi connectivity index (χ1) is 12.1. The number of hydrogen-bond donors (Lipinski definition) is 0. The lowest BCUT2D eigenvalue weighted by Crippen LogP contribution is -1.95. The van der Waals surface area contributed by atoms with Crippen molar-refractivity contribution < 1.29 is 18.9 Å². The van der Waals surface area contributed by atoms with Gasteiger partial charge in [0.1, 0.15) is 5.75 Å². The van der Waals surface area contributed by atoms with Crippen LogP contribution in [0.5, 0.6) is 23.0 Å². The van der Waals surface area contributed by atoms with E-state index in [1.165, 1.54) is 0 Å². The van der Waals surface area contributed by atoms with Crippen LogP contribution in [0.2, 0.25) is 0 Å². The molecule has 2 aromatic carbocycles. The highest BCUT2D eigenvalue weighted by molar-refractivity contribution is 5.92. The molecule has 128 valence electrons. The molecular weight excluding hydrogens is 318 g/mol. The van der Waals surface area contributed by atoms with E-state index >= 15 is 0 Å². The van der Waals surface area contributed by atoms with Gasteiger partial charge in [0.05, 0.1) is 25.4 Å². The number of benzene rings is 2. The summed E-state index contributed by atoms with van der Waals surface area (Å²) < 4.78 is 22.0. The van der Waals surface area contributed by atoms with Gasteiger partial charge in [0.2, 0.25) is 12.5 Å². The van der Waals surface area contributed by atoms with E-state index in [-0.39, 0.29) is 6.79 Å². The van der Waals surface area contributed by atoms with Gasteiger partial charge in [0, 0.05) is 10.9 Å². The van der Waals surface area contributed by atoms with Gasteiger partial charge in [-0.2, -0.15) is 0 Å². The van der Waals surface area contributed by atoms with Crippen LogP contribution < -0.4 is 18.9 Å². The van der Waals surface area contributed by atoms with Crippen LogP contribution in [0.4, 0.5) is 0 Å². The third kappa shape index (κ3) is 2.43. The van der Waals surface area contributed by atoms with E-state index in [0.717, 1.165) is 39.0 Å². The van der Waals surface area contributed by atoms with Crippen LogP contribution in [-0.4, -0.2) is 26.0 Å². The zero-order chi connectivity index (χ0) is 17.6. The predicted octanol–water partition coefficient (Wildman–Crippen LogP) is 4.26. The zero-order valence-corrected chi connectivity index (χ0v) is 14.7. The summed E-state index contributed by atoms with van der Waals surface area (Å²) in [7, 11) is 3.30. The van der Waals surface area contributed by atoms with Crippen molar-refractivity contribution in [2.24, 2.45) is 0 Å². The normalized spacial score (nSPS) is 12.5. The quantitative estimate of drug-likeness (QED) is 0.714. The zero-order valence-electron chi connectivity index (χ0n) is 14.7. The molecule has 1 aliphatic rings. The van der Waals surface area contributed by atoms with Gasteiger partial charge in [0.25, 0.3) is 0 Å². The third-order valence-electron chi connectivity index (χ3n) is 4.50. The number of methoxy groups -OCH3 is 2. The van der Waals surface area contributed by atoms with Gasteiger partial charge in [0.15, 0.2) is 11.5 Å². The molecule has 1 aliphatic heterocycles. The fourth-order valence-electron chi connectivity index (χ4n) is 3.23. The minimum atomic E-state index is 0.204. The summed E-state index contributed by atoms with van der Waals surface area (Å²) in [5.41, 5.74) is 4.93. The van der Waals surface area contributed by atoms with E-state index in [1.54, 1.807) is 14.2 Å². The van der Waals surface area contributed by atoms with Gasteiger partial charge >= 0.3 is 0 Å². The van der Waals surface area contributed by atoms with Crippen LogP contribution in [0.15, 0.2) is 30.3 Å². The van der Waals surface area contributed by atoms with E-state index < -0.39 is 0 Å². The summed E-state index contributed by atoms with van der Waals surface area (Å²) in [5, 5.41) is 1.04. The molecule has 5 nitrogen and oxygen atoms in total. The Morgan fingerprint density at radius 2 is 1.72 bits per heavy atom. The Labute approximate surface area is 146 Å². The van der Waals surface area contributed by atoms with Crippen LogP contribution in [0.1, 0.15) is 11.1 Å². The van der Waals surface area contributed by atoms with Gasteiger partial charge in [-0.15, -0.1) is 0 Å². The van der Waals surface area contributed by atoms with E-state index in [1.807, 2.05) is 24.3 Å². The molecule has 3 aromatic rings. The first-order valence-electron chi connectivity index (χ1n) is 8.05. The highest BCUT2D eigenvalue weighted by Crippen LogP contribution is 2.44. The molecule has 0 amide bonds. The molecule has 0 saturated heterocycles. The first kappa shape index (κ1) is 15.6. The van der Waals surface area contributed by atoms with E-state index in [0.29, 0.717) is 17.2 Å². The molecule has 5 heteroatoms. The molecule has 0 bridgehead atoms. The van der Waals surface area contributed by atoms with Crippen molar-refractivity contribution in [1.29, 1.82) is 0 Å². The molecule has 0 radical (unpaired) electrons. The standard InChI is InChI=1S/C20H19NO4/c1-11-5-6-15(22-3)18-12(2)7-14(21-19(11)18)13-8-16(23-4)20-17(9-13)24-10-25-20/h5-9H,10H2,1-4H3. The SMILES string of the molecule is COc1cc(-c2cc(C)c3c(OC)ccc(C)c3n2)cc2c1OCO2. The number of pyridine rings is 1. The van der Waals surface area contributed by atoms with Crippen molar-refractivity contribution >= 4 is 10.9 Å². The molecule has 0 spiro atoms. The molecule has 0 fully saturated rings. The fraction of sp³-hybridized carbons (Fsp3) is 0.250. The average Bonchev–Trinajstić information content (AvgIpc) is 3.10. The van der Waals surface area contributed by atoms with Crippen molar-refractivity contribution in [2.75, 3.05) is 21.0 Å². The minimum absolute atomic E-state index is 0.204. The van der Waals surface area contributed by atoms with Crippen LogP contribution in [0, 0.1) is 13.8 Å². The molecule has 25 heavy (non-hydrogen) atoms. The third-order valence-corrected chi connectivity index (χ3v) is 4.50. The van der Waals surface area contributed by atoms with Crippen molar-refractivity contribution in [3.8, 4) is 34.3 Å². The monoisotopic (exact) mass is 337 g/mol. The van der Waals surface area contributed by atoms with Crippen LogP contribution >= 0.6 is 0 Å². The van der Waals surface area contributed by atoms with Gasteiger partial charge in [-0.1, -0.05) is 6.07 Å². The molecule has 0 unspecified atom stereocenters. The fourth-order valence-corrected chi connectivity index (χ4v) is 3.23. The second-order valence-corrected chi connectivity index (χ2v) is 6.05. The van der Waals surface area contributed by atoms with Crippen LogP contribution in [0.3, 0.4) is 0 Å². The maximum absolute atomic E-state index is 5.53. The number of nitrogens with zero attached hydrogens (tertiary/aromatic N) is 1. The average molecular weight is 337 g/mol. The Hall–Kier alpha value is -2.95. The Morgan fingerprint density at radius 3 is 2.48 bits per heavy atom. The first-order valence-corrected chi connectivity index (χ1v) is 8.05. The molecule has 0 aliphatic carbocycles. The topological polar surface area (TPSA) is 49.8 Å². The maximum Gasteiger partial charge on any atom is 0.231 e.